The Morgan fingerprint density at radius 2 is 2.11 bits per heavy atom. The summed E-state index contributed by atoms with van der Waals surface area (Å²) in [5, 5.41) is 0. The second kappa shape index (κ2) is 4.95. The molecule has 0 aliphatic carbocycles. The van der Waals surface area contributed by atoms with Crippen LogP contribution < -0.4 is 4.74 Å². The van der Waals surface area contributed by atoms with Crippen molar-refractivity contribution in [2.75, 3.05) is 0 Å². The van der Waals surface area contributed by atoms with Gasteiger partial charge in [-0.3, -0.25) is 0 Å². The van der Waals surface area contributed by atoms with E-state index < -0.39 is 0 Å². The maximum atomic E-state index is 5.76. The van der Waals surface area contributed by atoms with Crippen LogP contribution in [0, 0.1) is 13.8 Å². The molecule has 0 saturated heterocycles. The Hall–Kier alpha value is -0.800. The third-order valence-corrected chi connectivity index (χ3v) is 6.19. The van der Waals surface area contributed by atoms with Crippen molar-refractivity contribution < 1.29 is 4.74 Å². The Morgan fingerprint density at radius 1 is 1.32 bits per heavy atom. The molecule has 3 rings (SSSR count). The summed E-state index contributed by atoms with van der Waals surface area (Å²) < 4.78 is 5.76. The second-order valence-corrected chi connectivity index (χ2v) is 7.45. The standard InChI is InChI=1S/C16H17BrOS/c1-9-6-15(19-11(9)3)16(17)12-4-5-14-13(8-12)7-10(2)18-14/h4-6,8,10,16H,7H2,1-3H3. The SMILES string of the molecule is Cc1cc(C(Br)c2ccc3c(c2)CC(C)O3)sc1C. The van der Waals surface area contributed by atoms with E-state index in [4.69, 9.17) is 4.74 Å². The van der Waals surface area contributed by atoms with Crippen molar-refractivity contribution in [1.82, 2.24) is 0 Å². The number of ether oxygens (including phenoxy) is 1. The second-order valence-electron chi connectivity index (χ2n) is 5.25. The molecule has 2 heterocycles. The molecule has 1 aliphatic rings. The van der Waals surface area contributed by atoms with Gasteiger partial charge < -0.3 is 4.74 Å². The van der Waals surface area contributed by atoms with Gasteiger partial charge in [0.25, 0.3) is 0 Å². The molecule has 0 spiro atoms. The van der Waals surface area contributed by atoms with E-state index in [1.807, 2.05) is 11.3 Å². The molecule has 19 heavy (non-hydrogen) atoms. The Balaban J connectivity index is 1.92. The number of rotatable bonds is 2. The summed E-state index contributed by atoms with van der Waals surface area (Å²) in [5.74, 6) is 1.05. The predicted molar refractivity (Wildman–Crippen MR) is 84.8 cm³/mol. The Kier molecular flexibility index (Phi) is 3.44. The first-order chi connectivity index (χ1) is 9.04. The zero-order valence-electron chi connectivity index (χ0n) is 11.4. The molecular formula is C16H17BrOS. The lowest BCUT2D eigenvalue weighted by Crippen LogP contribution is -2.05. The van der Waals surface area contributed by atoms with Crippen molar-refractivity contribution >= 4 is 27.3 Å². The van der Waals surface area contributed by atoms with E-state index in [1.165, 1.54) is 26.4 Å². The number of aryl methyl sites for hydroxylation is 2. The van der Waals surface area contributed by atoms with Gasteiger partial charge in [-0.1, -0.05) is 28.1 Å². The van der Waals surface area contributed by atoms with E-state index in [9.17, 15) is 0 Å². The van der Waals surface area contributed by atoms with E-state index in [0.717, 1.165) is 12.2 Å². The van der Waals surface area contributed by atoms with Gasteiger partial charge in [0.15, 0.2) is 0 Å². The monoisotopic (exact) mass is 336 g/mol. The molecule has 1 nitrogen and oxygen atoms in total. The first-order valence-electron chi connectivity index (χ1n) is 6.55. The van der Waals surface area contributed by atoms with Crippen molar-refractivity contribution in [2.24, 2.45) is 0 Å². The fourth-order valence-corrected chi connectivity index (χ4v) is 4.24. The quantitative estimate of drug-likeness (QED) is 0.687. The van der Waals surface area contributed by atoms with Crippen LogP contribution >= 0.6 is 27.3 Å². The minimum absolute atomic E-state index is 0.283. The molecule has 2 aromatic rings. The number of benzene rings is 1. The highest BCUT2D eigenvalue weighted by atomic mass is 79.9. The van der Waals surface area contributed by atoms with Gasteiger partial charge in [-0.05, 0) is 49.6 Å². The van der Waals surface area contributed by atoms with Crippen LogP contribution in [-0.4, -0.2) is 6.10 Å². The van der Waals surface area contributed by atoms with Crippen LogP contribution in [0.25, 0.3) is 0 Å². The summed E-state index contributed by atoms with van der Waals surface area (Å²) in [6.45, 7) is 6.48. The van der Waals surface area contributed by atoms with Gasteiger partial charge in [0.1, 0.15) is 11.9 Å². The molecule has 0 N–H and O–H groups in total. The Bertz CT molecular complexity index is 598. The molecule has 3 heteroatoms. The van der Waals surface area contributed by atoms with Gasteiger partial charge in [-0.25, -0.2) is 0 Å². The average molecular weight is 337 g/mol. The number of halogens is 1. The first-order valence-corrected chi connectivity index (χ1v) is 8.28. The van der Waals surface area contributed by atoms with E-state index in [2.05, 4.69) is 61.0 Å². The summed E-state index contributed by atoms with van der Waals surface area (Å²) in [6.07, 6.45) is 1.33. The van der Waals surface area contributed by atoms with Crippen LogP contribution in [0.1, 0.15) is 38.2 Å². The summed E-state index contributed by atoms with van der Waals surface area (Å²) in [5.41, 5.74) is 4.03. The van der Waals surface area contributed by atoms with Crippen LogP contribution in [0.2, 0.25) is 0 Å². The number of thiophene rings is 1. The van der Waals surface area contributed by atoms with Crippen molar-refractivity contribution in [3.63, 3.8) is 0 Å². The summed E-state index contributed by atoms with van der Waals surface area (Å²) in [4.78, 5) is 3.06. The third kappa shape index (κ3) is 2.46. The fourth-order valence-electron chi connectivity index (χ4n) is 2.49. The fraction of sp³-hybridized carbons (Fsp3) is 0.375. The van der Waals surface area contributed by atoms with Crippen LogP contribution in [0.4, 0.5) is 0 Å². The normalized spacial score (nSPS) is 19.1. The summed E-state index contributed by atoms with van der Waals surface area (Å²) >= 11 is 5.71. The van der Waals surface area contributed by atoms with Crippen LogP contribution in [0.5, 0.6) is 5.75 Å². The zero-order chi connectivity index (χ0) is 13.6. The molecule has 0 saturated carbocycles. The van der Waals surface area contributed by atoms with E-state index >= 15 is 0 Å². The molecule has 2 atom stereocenters. The highest BCUT2D eigenvalue weighted by Crippen LogP contribution is 2.39. The third-order valence-electron chi connectivity index (χ3n) is 3.65. The zero-order valence-corrected chi connectivity index (χ0v) is 13.8. The lowest BCUT2D eigenvalue weighted by molar-refractivity contribution is 0.254. The molecule has 1 aromatic heterocycles. The first kappa shape index (κ1) is 13.2. The van der Waals surface area contributed by atoms with Crippen LogP contribution in [0.3, 0.4) is 0 Å². The van der Waals surface area contributed by atoms with Crippen molar-refractivity contribution in [3.8, 4) is 5.75 Å². The van der Waals surface area contributed by atoms with Crippen molar-refractivity contribution in [2.45, 2.75) is 38.1 Å². The van der Waals surface area contributed by atoms with Crippen LogP contribution in [-0.2, 0) is 6.42 Å². The molecule has 0 amide bonds. The molecule has 1 aliphatic heterocycles. The lowest BCUT2D eigenvalue weighted by atomic mass is 10.0. The van der Waals surface area contributed by atoms with Crippen molar-refractivity contribution in [3.05, 3.63) is 50.7 Å². The number of alkyl halides is 1. The van der Waals surface area contributed by atoms with Gasteiger partial charge in [-0.15, -0.1) is 11.3 Å². The maximum Gasteiger partial charge on any atom is 0.123 e. The molecule has 0 fully saturated rings. The Morgan fingerprint density at radius 3 is 2.79 bits per heavy atom. The minimum atomic E-state index is 0.283. The number of fused-ring (bicyclic) bond motifs is 1. The molecule has 0 radical (unpaired) electrons. The number of hydrogen-bond acceptors (Lipinski definition) is 2. The maximum absolute atomic E-state index is 5.76. The van der Waals surface area contributed by atoms with Gasteiger partial charge >= 0.3 is 0 Å². The van der Waals surface area contributed by atoms with Crippen LogP contribution in [0.15, 0.2) is 24.3 Å². The highest BCUT2D eigenvalue weighted by molar-refractivity contribution is 9.09. The van der Waals surface area contributed by atoms with E-state index in [-0.39, 0.29) is 4.83 Å². The number of hydrogen-bond donors (Lipinski definition) is 0. The topological polar surface area (TPSA) is 9.23 Å². The minimum Gasteiger partial charge on any atom is -0.490 e. The van der Waals surface area contributed by atoms with Gasteiger partial charge in [-0.2, -0.15) is 0 Å². The van der Waals surface area contributed by atoms with E-state index in [0.29, 0.717) is 6.10 Å². The highest BCUT2D eigenvalue weighted by Gasteiger charge is 2.21. The summed E-state index contributed by atoms with van der Waals surface area (Å²) in [7, 11) is 0. The molecule has 100 valence electrons. The molecule has 0 bridgehead atoms. The summed E-state index contributed by atoms with van der Waals surface area (Å²) in [6, 6.07) is 8.84. The van der Waals surface area contributed by atoms with E-state index in [1.54, 1.807) is 0 Å². The lowest BCUT2D eigenvalue weighted by Gasteiger charge is -2.09. The van der Waals surface area contributed by atoms with Gasteiger partial charge in [0.2, 0.25) is 0 Å². The average Bonchev–Trinajstić information content (AvgIpc) is 2.90. The van der Waals surface area contributed by atoms with Crippen molar-refractivity contribution in [1.29, 1.82) is 0 Å². The molecular weight excluding hydrogens is 320 g/mol. The smallest absolute Gasteiger partial charge is 0.123 e. The van der Waals surface area contributed by atoms with Gasteiger partial charge in [0.05, 0.1) is 4.83 Å². The largest absolute Gasteiger partial charge is 0.490 e. The predicted octanol–water partition coefficient (Wildman–Crippen LogP) is 5.17. The Labute approximate surface area is 126 Å². The van der Waals surface area contributed by atoms with Gasteiger partial charge in [0, 0.05) is 16.2 Å². The molecule has 2 unspecified atom stereocenters. The molecule has 1 aromatic carbocycles.